The van der Waals surface area contributed by atoms with Crippen LogP contribution in [-0.4, -0.2) is 9.38 Å². The van der Waals surface area contributed by atoms with Gasteiger partial charge in [-0.1, -0.05) is 54.6 Å². The summed E-state index contributed by atoms with van der Waals surface area (Å²) < 4.78 is 1.85. The predicted octanol–water partition coefficient (Wildman–Crippen LogP) is 4.44. The Bertz CT molecular complexity index is 1330. The molecule has 6 rings (SSSR count). The lowest BCUT2D eigenvalue weighted by Gasteiger charge is -2.23. The molecule has 2 aromatic heterocycles. The molecule has 1 unspecified atom stereocenters. The molecule has 2 aliphatic carbocycles. The molecule has 25 heavy (non-hydrogen) atoms. The number of hydrogen-bond donors (Lipinski definition) is 0. The molecule has 0 radical (unpaired) electrons. The van der Waals surface area contributed by atoms with Crippen LogP contribution in [-0.2, 0) is 0 Å². The van der Waals surface area contributed by atoms with Crippen LogP contribution in [0.1, 0.15) is 23.7 Å². The Morgan fingerprint density at radius 3 is 2.76 bits per heavy atom. The van der Waals surface area contributed by atoms with Crippen molar-refractivity contribution < 1.29 is 0 Å². The van der Waals surface area contributed by atoms with Gasteiger partial charge in [0, 0.05) is 22.1 Å². The lowest BCUT2D eigenvalue weighted by molar-refractivity contribution is 0.762. The normalized spacial score (nSPS) is 18.7. The smallest absolute Gasteiger partial charge is 0.264 e. The lowest BCUT2D eigenvalue weighted by atomic mass is 9.84. The van der Waals surface area contributed by atoms with E-state index in [0.29, 0.717) is 0 Å². The van der Waals surface area contributed by atoms with Gasteiger partial charge in [0.05, 0.1) is 11.4 Å². The highest BCUT2D eigenvalue weighted by Crippen LogP contribution is 2.39. The van der Waals surface area contributed by atoms with E-state index >= 15 is 0 Å². The maximum Gasteiger partial charge on any atom is 0.264 e. The molecule has 0 fully saturated rings. The summed E-state index contributed by atoms with van der Waals surface area (Å²) in [4.78, 5) is 18.2. The summed E-state index contributed by atoms with van der Waals surface area (Å²) in [5.41, 5.74) is 4.02. The second-order valence-corrected chi connectivity index (χ2v) is 6.77. The number of rotatable bonds is 0. The van der Waals surface area contributed by atoms with Gasteiger partial charge in [0.2, 0.25) is 0 Å². The van der Waals surface area contributed by atoms with Crippen molar-refractivity contribution >= 4 is 33.3 Å². The minimum Gasteiger partial charge on any atom is -0.268 e. The molecule has 2 aliphatic rings. The highest BCUT2D eigenvalue weighted by Gasteiger charge is 2.28. The van der Waals surface area contributed by atoms with Gasteiger partial charge in [0.15, 0.2) is 0 Å². The molecule has 3 nitrogen and oxygen atoms in total. The SMILES string of the molecule is O=c1c2cccc3cccc(c32)c2nc3c(n12)C1CC=CC=C1C=C3. The van der Waals surface area contributed by atoms with E-state index in [9.17, 15) is 4.79 Å². The van der Waals surface area contributed by atoms with E-state index in [0.717, 1.165) is 45.0 Å². The highest BCUT2D eigenvalue weighted by molar-refractivity contribution is 6.14. The minimum atomic E-state index is 0.0391. The van der Waals surface area contributed by atoms with Crippen molar-refractivity contribution in [1.82, 2.24) is 9.38 Å². The molecule has 2 heterocycles. The van der Waals surface area contributed by atoms with E-state index in [-0.39, 0.29) is 11.5 Å². The fourth-order valence-corrected chi connectivity index (χ4v) is 4.38. The minimum absolute atomic E-state index is 0.0391. The van der Waals surface area contributed by atoms with Crippen molar-refractivity contribution in [1.29, 1.82) is 0 Å². The molecule has 0 amide bonds. The number of benzene rings is 2. The van der Waals surface area contributed by atoms with Crippen LogP contribution in [0.3, 0.4) is 0 Å². The van der Waals surface area contributed by atoms with E-state index in [1.165, 1.54) is 5.57 Å². The molecule has 0 N–H and O–H groups in total. The predicted molar refractivity (Wildman–Crippen MR) is 101 cm³/mol. The Hall–Kier alpha value is -3.20. The van der Waals surface area contributed by atoms with Gasteiger partial charge in [-0.3, -0.25) is 9.20 Å². The van der Waals surface area contributed by atoms with Crippen LogP contribution in [0.15, 0.2) is 71.1 Å². The van der Waals surface area contributed by atoms with Crippen LogP contribution in [0, 0.1) is 0 Å². The van der Waals surface area contributed by atoms with Crippen LogP contribution in [0.4, 0.5) is 0 Å². The molecule has 118 valence electrons. The molecule has 4 aromatic rings. The number of pyridine rings is 1. The van der Waals surface area contributed by atoms with Crippen molar-refractivity contribution in [2.24, 2.45) is 0 Å². The van der Waals surface area contributed by atoms with E-state index in [1.54, 1.807) is 0 Å². The summed E-state index contributed by atoms with van der Waals surface area (Å²) >= 11 is 0. The van der Waals surface area contributed by atoms with Gasteiger partial charge < -0.3 is 0 Å². The monoisotopic (exact) mass is 322 g/mol. The quantitative estimate of drug-likeness (QED) is 0.480. The zero-order chi connectivity index (χ0) is 16.5. The van der Waals surface area contributed by atoms with Crippen LogP contribution in [0.2, 0.25) is 0 Å². The first-order valence-electron chi connectivity index (χ1n) is 8.57. The Kier molecular flexibility index (Phi) is 2.34. The molecule has 0 saturated carbocycles. The van der Waals surface area contributed by atoms with Gasteiger partial charge in [-0.15, -0.1) is 0 Å². The molecule has 0 spiro atoms. The number of aromatic nitrogens is 2. The summed E-state index contributed by atoms with van der Waals surface area (Å²) in [6.07, 6.45) is 11.5. The Balaban J connectivity index is 1.87. The fourth-order valence-electron chi connectivity index (χ4n) is 4.38. The standard InChI is InChI=1S/C22H14N2O/c25-22-17-10-4-7-14-6-3-9-16(19(14)17)21-23-18-12-11-13-5-1-2-8-15(13)20(18)24(21)22/h1-7,9-12,15H,8H2. The molecular formula is C22H14N2O. The molecular weight excluding hydrogens is 308 g/mol. The second kappa shape index (κ2) is 4.45. The largest absolute Gasteiger partial charge is 0.268 e. The van der Waals surface area contributed by atoms with E-state index in [1.807, 2.05) is 28.7 Å². The van der Waals surface area contributed by atoms with E-state index in [2.05, 4.69) is 42.5 Å². The van der Waals surface area contributed by atoms with Crippen LogP contribution in [0.5, 0.6) is 0 Å². The molecule has 0 bridgehead atoms. The third-order valence-corrected chi connectivity index (χ3v) is 5.48. The summed E-state index contributed by atoms with van der Waals surface area (Å²) in [6.45, 7) is 0. The first kappa shape index (κ1) is 13.1. The van der Waals surface area contributed by atoms with Crippen LogP contribution >= 0.6 is 0 Å². The Morgan fingerprint density at radius 2 is 1.88 bits per heavy atom. The zero-order valence-electron chi connectivity index (χ0n) is 13.4. The summed E-state index contributed by atoms with van der Waals surface area (Å²) in [5, 5.41) is 3.93. The maximum atomic E-state index is 13.4. The number of nitrogens with zero attached hydrogens (tertiary/aromatic N) is 2. The Labute approximate surface area is 143 Å². The van der Waals surface area contributed by atoms with Gasteiger partial charge in [0.25, 0.3) is 5.56 Å². The topological polar surface area (TPSA) is 34.4 Å². The molecule has 0 aliphatic heterocycles. The lowest BCUT2D eigenvalue weighted by Crippen LogP contribution is -2.19. The number of fused-ring (bicyclic) bond motifs is 6. The number of allylic oxidation sites excluding steroid dienone is 5. The average Bonchev–Trinajstić information content (AvgIpc) is 3.06. The van der Waals surface area contributed by atoms with E-state index < -0.39 is 0 Å². The number of hydrogen-bond acceptors (Lipinski definition) is 2. The van der Waals surface area contributed by atoms with Gasteiger partial charge in [0.1, 0.15) is 5.65 Å². The Morgan fingerprint density at radius 1 is 1.04 bits per heavy atom. The highest BCUT2D eigenvalue weighted by atomic mass is 16.1. The van der Waals surface area contributed by atoms with Crippen molar-refractivity contribution in [3.8, 4) is 0 Å². The third-order valence-electron chi connectivity index (χ3n) is 5.48. The maximum absolute atomic E-state index is 13.4. The molecule has 1 atom stereocenters. The zero-order valence-corrected chi connectivity index (χ0v) is 13.4. The fraction of sp³-hybridized carbons (Fsp3) is 0.0909. The second-order valence-electron chi connectivity index (χ2n) is 6.77. The van der Waals surface area contributed by atoms with Gasteiger partial charge in [-0.25, -0.2) is 4.98 Å². The number of imidazole rings is 1. The first-order chi connectivity index (χ1) is 12.3. The van der Waals surface area contributed by atoms with Crippen LogP contribution in [0.25, 0.3) is 33.3 Å². The molecule has 3 heteroatoms. The van der Waals surface area contributed by atoms with Crippen molar-refractivity contribution in [3.63, 3.8) is 0 Å². The molecule has 2 aromatic carbocycles. The third kappa shape index (κ3) is 1.55. The van der Waals surface area contributed by atoms with Gasteiger partial charge in [-0.2, -0.15) is 0 Å². The van der Waals surface area contributed by atoms with E-state index in [4.69, 9.17) is 4.98 Å². The summed E-state index contributed by atoms with van der Waals surface area (Å²) in [7, 11) is 0. The summed E-state index contributed by atoms with van der Waals surface area (Å²) in [5.74, 6) is 0.208. The van der Waals surface area contributed by atoms with Crippen molar-refractivity contribution in [2.45, 2.75) is 12.3 Å². The van der Waals surface area contributed by atoms with Gasteiger partial charge >= 0.3 is 0 Å². The summed E-state index contributed by atoms with van der Waals surface area (Å²) in [6, 6.07) is 12.1. The molecule has 0 saturated heterocycles. The average molecular weight is 322 g/mol. The van der Waals surface area contributed by atoms with Gasteiger partial charge in [-0.05, 0) is 29.5 Å². The van der Waals surface area contributed by atoms with Crippen LogP contribution < -0.4 is 5.56 Å². The first-order valence-corrected chi connectivity index (χ1v) is 8.57. The van der Waals surface area contributed by atoms with Crippen molar-refractivity contribution in [2.75, 3.05) is 0 Å². The van der Waals surface area contributed by atoms with Crippen molar-refractivity contribution in [3.05, 3.63) is 88.0 Å².